The summed E-state index contributed by atoms with van der Waals surface area (Å²) in [5.41, 5.74) is 1.34. The largest absolute Gasteiger partial charge is 0.465 e. The third kappa shape index (κ3) is 3.42. The van der Waals surface area contributed by atoms with Crippen LogP contribution in [0.3, 0.4) is 0 Å². The van der Waals surface area contributed by atoms with Gasteiger partial charge in [0.15, 0.2) is 0 Å². The van der Waals surface area contributed by atoms with Crippen molar-refractivity contribution < 1.29 is 9.53 Å². The van der Waals surface area contributed by atoms with E-state index in [1.54, 1.807) is 24.5 Å². The average Bonchev–Trinajstić information content (AvgIpc) is 2.46. The van der Waals surface area contributed by atoms with E-state index in [4.69, 9.17) is 11.6 Å². The average molecular weight is 278 g/mol. The number of hydrogen-bond donors (Lipinski definition) is 1. The zero-order chi connectivity index (χ0) is 13.7. The van der Waals surface area contributed by atoms with Crippen molar-refractivity contribution in [2.45, 2.75) is 6.54 Å². The lowest BCUT2D eigenvalue weighted by Crippen LogP contribution is -2.05. The summed E-state index contributed by atoms with van der Waals surface area (Å²) in [4.78, 5) is 19.3. The number of nitrogens with zero attached hydrogens (tertiary/aromatic N) is 2. The van der Waals surface area contributed by atoms with Gasteiger partial charge in [-0.1, -0.05) is 11.6 Å². The van der Waals surface area contributed by atoms with Crippen molar-refractivity contribution in [3.63, 3.8) is 0 Å². The van der Waals surface area contributed by atoms with E-state index < -0.39 is 5.97 Å². The minimum absolute atomic E-state index is 0.406. The molecule has 0 saturated carbocycles. The molecule has 98 valence electrons. The Morgan fingerprint density at radius 2 is 2.21 bits per heavy atom. The number of halogens is 1. The highest BCUT2D eigenvalue weighted by Crippen LogP contribution is 2.15. The van der Waals surface area contributed by atoms with E-state index in [0.29, 0.717) is 22.9 Å². The van der Waals surface area contributed by atoms with Crippen molar-refractivity contribution in [1.82, 2.24) is 9.97 Å². The second-order valence-electron chi connectivity index (χ2n) is 3.74. The summed E-state index contributed by atoms with van der Waals surface area (Å²) in [7, 11) is 1.33. The number of rotatable bonds is 4. The van der Waals surface area contributed by atoms with E-state index in [1.807, 2.05) is 6.07 Å². The molecule has 0 radical (unpaired) electrons. The predicted molar refractivity (Wildman–Crippen MR) is 72.2 cm³/mol. The highest BCUT2D eigenvalue weighted by molar-refractivity contribution is 6.31. The first-order chi connectivity index (χ1) is 9.20. The number of ether oxygens (including phenoxy) is 1. The molecule has 2 aromatic rings. The molecule has 0 aliphatic carbocycles. The maximum absolute atomic E-state index is 11.2. The fraction of sp³-hybridized carbons (Fsp3) is 0.154. The molecule has 0 unspecified atom stereocenters. The Balaban J connectivity index is 2.01. The number of esters is 1. The van der Waals surface area contributed by atoms with Gasteiger partial charge in [0.25, 0.3) is 0 Å². The van der Waals surface area contributed by atoms with Gasteiger partial charge in [0.1, 0.15) is 5.82 Å². The van der Waals surface area contributed by atoms with Gasteiger partial charge in [-0.05, 0) is 23.8 Å². The summed E-state index contributed by atoms with van der Waals surface area (Å²) >= 11 is 5.99. The van der Waals surface area contributed by atoms with Crippen molar-refractivity contribution in [1.29, 1.82) is 0 Å². The minimum Gasteiger partial charge on any atom is -0.465 e. The number of pyridine rings is 2. The molecule has 0 saturated heterocycles. The van der Waals surface area contributed by atoms with E-state index >= 15 is 0 Å². The van der Waals surface area contributed by atoms with Gasteiger partial charge in [0.05, 0.1) is 17.7 Å². The van der Waals surface area contributed by atoms with Crippen molar-refractivity contribution >= 4 is 23.4 Å². The normalized spacial score (nSPS) is 10.0. The van der Waals surface area contributed by atoms with Crippen LogP contribution < -0.4 is 5.32 Å². The van der Waals surface area contributed by atoms with Gasteiger partial charge in [-0.25, -0.2) is 9.78 Å². The first kappa shape index (κ1) is 13.3. The predicted octanol–water partition coefficient (Wildman–Crippen LogP) is 2.53. The molecule has 1 N–H and O–H groups in total. The van der Waals surface area contributed by atoms with Crippen LogP contribution in [-0.4, -0.2) is 23.0 Å². The Hall–Kier alpha value is -2.14. The molecular formula is C13H12ClN3O2. The molecule has 0 fully saturated rings. The van der Waals surface area contributed by atoms with Gasteiger partial charge in [-0.15, -0.1) is 0 Å². The number of carbonyl (C=O) groups excluding carboxylic acids is 1. The topological polar surface area (TPSA) is 64.1 Å². The summed E-state index contributed by atoms with van der Waals surface area (Å²) in [6, 6.07) is 5.19. The quantitative estimate of drug-likeness (QED) is 0.870. The van der Waals surface area contributed by atoms with Crippen molar-refractivity contribution in [2.75, 3.05) is 12.4 Å². The van der Waals surface area contributed by atoms with E-state index in [0.717, 1.165) is 5.56 Å². The summed E-state index contributed by atoms with van der Waals surface area (Å²) in [6.07, 6.45) is 4.73. The zero-order valence-electron chi connectivity index (χ0n) is 10.3. The van der Waals surface area contributed by atoms with Crippen LogP contribution in [0.25, 0.3) is 0 Å². The first-order valence-corrected chi connectivity index (χ1v) is 5.95. The van der Waals surface area contributed by atoms with Crippen LogP contribution in [0, 0.1) is 0 Å². The molecule has 0 aliphatic rings. The Kier molecular flexibility index (Phi) is 4.30. The van der Waals surface area contributed by atoms with Gasteiger partial charge in [0, 0.05) is 25.1 Å². The molecule has 0 bridgehead atoms. The van der Waals surface area contributed by atoms with Crippen LogP contribution in [0.15, 0.2) is 36.8 Å². The van der Waals surface area contributed by atoms with Crippen molar-refractivity contribution in [2.24, 2.45) is 0 Å². The second kappa shape index (κ2) is 6.15. The lowest BCUT2D eigenvalue weighted by atomic mass is 10.2. The minimum atomic E-state index is -0.406. The van der Waals surface area contributed by atoms with E-state index in [2.05, 4.69) is 20.0 Å². The van der Waals surface area contributed by atoms with E-state index in [-0.39, 0.29) is 0 Å². The Bertz CT molecular complexity index is 572. The molecule has 2 rings (SSSR count). The molecule has 5 nitrogen and oxygen atoms in total. The Labute approximate surface area is 115 Å². The van der Waals surface area contributed by atoms with E-state index in [1.165, 1.54) is 13.3 Å². The summed E-state index contributed by atoms with van der Waals surface area (Å²) in [5.74, 6) is 0.247. The summed E-state index contributed by atoms with van der Waals surface area (Å²) in [5, 5.41) is 3.71. The fourth-order valence-electron chi connectivity index (χ4n) is 1.47. The SMILES string of the molecule is COC(=O)c1ccc(NCc2ccncc2Cl)nc1. The van der Waals surface area contributed by atoms with Crippen molar-refractivity contribution in [3.8, 4) is 0 Å². The monoisotopic (exact) mass is 277 g/mol. The van der Waals surface area contributed by atoms with Crippen LogP contribution in [-0.2, 0) is 11.3 Å². The lowest BCUT2D eigenvalue weighted by Gasteiger charge is -2.07. The van der Waals surface area contributed by atoms with Gasteiger partial charge in [0.2, 0.25) is 0 Å². The number of anilines is 1. The number of nitrogens with one attached hydrogen (secondary N) is 1. The summed E-state index contributed by atoms with van der Waals surface area (Å²) < 4.78 is 4.60. The Morgan fingerprint density at radius 1 is 1.37 bits per heavy atom. The number of hydrogen-bond acceptors (Lipinski definition) is 5. The van der Waals surface area contributed by atoms with Crippen LogP contribution in [0.4, 0.5) is 5.82 Å². The highest BCUT2D eigenvalue weighted by Gasteiger charge is 2.05. The molecule has 0 aliphatic heterocycles. The molecule has 2 heterocycles. The van der Waals surface area contributed by atoms with Gasteiger partial charge in [-0.2, -0.15) is 0 Å². The fourth-order valence-corrected chi connectivity index (χ4v) is 1.66. The standard InChI is InChI=1S/C13H12ClN3O2/c1-19-13(18)10-2-3-12(17-7-10)16-6-9-4-5-15-8-11(9)14/h2-5,7-8H,6H2,1H3,(H,16,17). The molecule has 0 amide bonds. The first-order valence-electron chi connectivity index (χ1n) is 5.57. The summed E-state index contributed by atoms with van der Waals surface area (Å²) in [6.45, 7) is 0.534. The molecular weight excluding hydrogens is 266 g/mol. The molecule has 0 spiro atoms. The molecule has 2 aromatic heterocycles. The highest BCUT2D eigenvalue weighted by atomic mass is 35.5. The smallest absolute Gasteiger partial charge is 0.339 e. The number of aromatic nitrogens is 2. The van der Waals surface area contributed by atoms with Gasteiger partial charge < -0.3 is 10.1 Å². The van der Waals surface area contributed by atoms with Gasteiger partial charge >= 0.3 is 5.97 Å². The Morgan fingerprint density at radius 3 is 2.84 bits per heavy atom. The van der Waals surface area contributed by atoms with Crippen LogP contribution >= 0.6 is 11.6 Å². The number of carbonyl (C=O) groups is 1. The lowest BCUT2D eigenvalue weighted by molar-refractivity contribution is 0.0600. The van der Waals surface area contributed by atoms with Crippen LogP contribution in [0.5, 0.6) is 0 Å². The molecule has 0 aromatic carbocycles. The second-order valence-corrected chi connectivity index (χ2v) is 4.15. The third-order valence-electron chi connectivity index (χ3n) is 2.50. The maximum Gasteiger partial charge on any atom is 0.339 e. The van der Waals surface area contributed by atoms with Gasteiger partial charge in [-0.3, -0.25) is 4.98 Å². The molecule has 6 heteroatoms. The maximum atomic E-state index is 11.2. The zero-order valence-corrected chi connectivity index (χ0v) is 11.0. The third-order valence-corrected chi connectivity index (χ3v) is 2.84. The van der Waals surface area contributed by atoms with Crippen LogP contribution in [0.1, 0.15) is 15.9 Å². The van der Waals surface area contributed by atoms with Crippen LogP contribution in [0.2, 0.25) is 5.02 Å². The van der Waals surface area contributed by atoms with E-state index in [9.17, 15) is 4.79 Å². The van der Waals surface area contributed by atoms with Crippen molar-refractivity contribution in [3.05, 3.63) is 52.9 Å². The molecule has 19 heavy (non-hydrogen) atoms. The molecule has 0 atom stereocenters. The number of methoxy groups -OCH3 is 1.